The van der Waals surface area contributed by atoms with Gasteiger partial charge in [0.05, 0.1) is 12.1 Å². The summed E-state index contributed by atoms with van der Waals surface area (Å²) in [5.41, 5.74) is 7.39. The Morgan fingerprint density at radius 3 is 2.58 bits per heavy atom. The molecule has 1 saturated heterocycles. The second-order valence-corrected chi connectivity index (χ2v) is 9.00. The van der Waals surface area contributed by atoms with Crippen LogP contribution in [0.4, 0.5) is 0 Å². The van der Waals surface area contributed by atoms with E-state index in [0.717, 1.165) is 55.9 Å². The van der Waals surface area contributed by atoms with Crippen LogP contribution in [0.1, 0.15) is 47.8 Å². The van der Waals surface area contributed by atoms with Gasteiger partial charge in [0.25, 0.3) is 0 Å². The summed E-state index contributed by atoms with van der Waals surface area (Å²) >= 11 is 0. The number of piperidine rings is 1. The van der Waals surface area contributed by atoms with Gasteiger partial charge in [-0.3, -0.25) is 4.79 Å². The molecule has 2 heterocycles. The molecule has 158 valence electrons. The van der Waals surface area contributed by atoms with E-state index < -0.39 is 0 Å². The van der Waals surface area contributed by atoms with Gasteiger partial charge in [0, 0.05) is 36.7 Å². The Labute approximate surface area is 184 Å². The monoisotopic (exact) mass is 411 g/mol. The number of carbonyl (C=O) groups is 1. The van der Waals surface area contributed by atoms with Crippen molar-refractivity contribution < 1.29 is 4.79 Å². The molecule has 1 fully saturated rings. The van der Waals surface area contributed by atoms with Crippen LogP contribution >= 0.6 is 0 Å². The summed E-state index contributed by atoms with van der Waals surface area (Å²) in [5, 5.41) is 0. The first-order valence-electron chi connectivity index (χ1n) is 11.4. The van der Waals surface area contributed by atoms with Crippen LogP contribution < -0.4 is 0 Å². The molecule has 1 aliphatic heterocycles. The second-order valence-electron chi connectivity index (χ2n) is 9.00. The van der Waals surface area contributed by atoms with Gasteiger partial charge in [-0.2, -0.15) is 0 Å². The Bertz CT molecular complexity index is 1130. The van der Waals surface area contributed by atoms with Gasteiger partial charge >= 0.3 is 0 Å². The number of amides is 1. The van der Waals surface area contributed by atoms with Crippen LogP contribution in [0.15, 0.2) is 54.7 Å². The third kappa shape index (κ3) is 3.54. The molecule has 1 spiro atoms. The molecule has 4 heteroatoms. The highest BCUT2D eigenvalue weighted by molar-refractivity contribution is 5.79. The molecule has 0 unspecified atom stereocenters. The van der Waals surface area contributed by atoms with Crippen molar-refractivity contribution in [1.82, 2.24) is 14.9 Å². The lowest BCUT2D eigenvalue weighted by atomic mass is 9.64. The molecule has 1 amide bonds. The van der Waals surface area contributed by atoms with Gasteiger partial charge < -0.3 is 4.90 Å². The van der Waals surface area contributed by atoms with E-state index in [1.54, 1.807) is 0 Å². The topological polar surface area (TPSA) is 46.1 Å². The molecular formula is C27H29N3O. The molecule has 4 nitrogen and oxygen atoms in total. The third-order valence-electron chi connectivity index (χ3n) is 7.19. The van der Waals surface area contributed by atoms with Crippen molar-refractivity contribution in [1.29, 1.82) is 0 Å². The van der Waals surface area contributed by atoms with Gasteiger partial charge in [-0.1, -0.05) is 55.5 Å². The quantitative estimate of drug-likeness (QED) is 0.629. The molecule has 0 bridgehead atoms. The van der Waals surface area contributed by atoms with E-state index in [-0.39, 0.29) is 11.3 Å². The fourth-order valence-corrected chi connectivity index (χ4v) is 5.30. The van der Waals surface area contributed by atoms with Gasteiger partial charge in [-0.25, -0.2) is 9.97 Å². The van der Waals surface area contributed by atoms with Gasteiger partial charge in [0.15, 0.2) is 0 Å². The number of benzene rings is 2. The Morgan fingerprint density at radius 1 is 1.06 bits per heavy atom. The number of aryl methyl sites for hydroxylation is 2. The molecule has 3 aromatic rings. The van der Waals surface area contributed by atoms with Crippen molar-refractivity contribution in [2.45, 2.75) is 51.4 Å². The standard InChI is InChI=1S/C27H29N3O/c1-3-24-28-18-21-17-27(23-11-7-6-10-22(23)26(21)29-24)12-14-30(15-13-27)25(31)16-20-9-5-4-8-19(20)2/h4-11,18H,3,12-17H2,1-2H3. The minimum atomic E-state index is 0.0696. The number of carbonyl (C=O) groups excluding carboxylic acids is 1. The molecule has 2 aromatic carbocycles. The molecule has 0 radical (unpaired) electrons. The van der Waals surface area contributed by atoms with Crippen molar-refractivity contribution in [3.05, 3.63) is 82.8 Å². The van der Waals surface area contributed by atoms with Gasteiger partial charge in [-0.15, -0.1) is 0 Å². The van der Waals surface area contributed by atoms with Crippen LogP contribution in [0.5, 0.6) is 0 Å². The highest BCUT2D eigenvalue weighted by atomic mass is 16.2. The highest BCUT2D eigenvalue weighted by Crippen LogP contribution is 2.47. The maximum absolute atomic E-state index is 13.0. The molecule has 0 saturated carbocycles. The second kappa shape index (κ2) is 7.92. The summed E-state index contributed by atoms with van der Waals surface area (Å²) in [5.74, 6) is 1.14. The molecule has 1 aromatic heterocycles. The minimum absolute atomic E-state index is 0.0696. The summed E-state index contributed by atoms with van der Waals surface area (Å²) < 4.78 is 0. The molecule has 5 rings (SSSR count). The van der Waals surface area contributed by atoms with E-state index in [2.05, 4.69) is 60.1 Å². The van der Waals surface area contributed by atoms with Gasteiger partial charge in [0.1, 0.15) is 5.82 Å². The average molecular weight is 412 g/mol. The lowest BCUT2D eigenvalue weighted by Crippen LogP contribution is -2.47. The van der Waals surface area contributed by atoms with Crippen LogP contribution in [0.25, 0.3) is 11.3 Å². The first-order valence-corrected chi connectivity index (χ1v) is 11.4. The van der Waals surface area contributed by atoms with Crippen LogP contribution in [-0.4, -0.2) is 33.9 Å². The third-order valence-corrected chi connectivity index (χ3v) is 7.19. The van der Waals surface area contributed by atoms with Crippen LogP contribution in [-0.2, 0) is 29.5 Å². The number of nitrogens with zero attached hydrogens (tertiary/aromatic N) is 3. The summed E-state index contributed by atoms with van der Waals surface area (Å²) in [6.45, 7) is 5.79. The number of aromatic nitrogens is 2. The zero-order valence-electron chi connectivity index (χ0n) is 18.4. The van der Waals surface area contributed by atoms with Crippen molar-refractivity contribution in [3.63, 3.8) is 0 Å². The predicted molar refractivity (Wildman–Crippen MR) is 123 cm³/mol. The zero-order chi connectivity index (χ0) is 21.4. The highest BCUT2D eigenvalue weighted by Gasteiger charge is 2.42. The molecule has 0 atom stereocenters. The fourth-order valence-electron chi connectivity index (χ4n) is 5.30. The Balaban J connectivity index is 1.38. The Morgan fingerprint density at radius 2 is 1.81 bits per heavy atom. The molecule has 31 heavy (non-hydrogen) atoms. The first-order chi connectivity index (χ1) is 15.1. The van der Waals surface area contributed by atoms with E-state index in [1.807, 2.05) is 18.3 Å². The molecule has 0 N–H and O–H groups in total. The van der Waals surface area contributed by atoms with E-state index >= 15 is 0 Å². The number of fused-ring (bicyclic) bond motifs is 4. The summed E-state index contributed by atoms with van der Waals surface area (Å²) in [4.78, 5) is 24.5. The van der Waals surface area contributed by atoms with Gasteiger partial charge in [0.2, 0.25) is 5.91 Å². The number of likely N-dealkylation sites (tertiary alicyclic amines) is 1. The molecule has 2 aliphatic rings. The Hall–Kier alpha value is -3.01. The van der Waals surface area contributed by atoms with Crippen molar-refractivity contribution in [2.75, 3.05) is 13.1 Å². The lowest BCUT2D eigenvalue weighted by molar-refractivity contribution is -0.132. The van der Waals surface area contributed by atoms with E-state index in [0.29, 0.717) is 6.42 Å². The first kappa shape index (κ1) is 19.9. The zero-order valence-corrected chi connectivity index (χ0v) is 18.4. The summed E-state index contributed by atoms with van der Waals surface area (Å²) in [6, 6.07) is 16.9. The summed E-state index contributed by atoms with van der Waals surface area (Å²) in [6.07, 6.45) is 6.31. The van der Waals surface area contributed by atoms with Crippen LogP contribution in [0.3, 0.4) is 0 Å². The number of hydrogen-bond donors (Lipinski definition) is 0. The maximum atomic E-state index is 13.0. The smallest absolute Gasteiger partial charge is 0.227 e. The van der Waals surface area contributed by atoms with Crippen molar-refractivity contribution >= 4 is 5.91 Å². The minimum Gasteiger partial charge on any atom is -0.342 e. The van der Waals surface area contributed by atoms with Crippen LogP contribution in [0, 0.1) is 6.92 Å². The van der Waals surface area contributed by atoms with E-state index in [9.17, 15) is 4.79 Å². The SMILES string of the molecule is CCc1ncc2c(n1)-c1ccccc1C1(CCN(C(=O)Cc3ccccc3C)CC1)C2. The maximum Gasteiger partial charge on any atom is 0.227 e. The average Bonchev–Trinajstić information content (AvgIpc) is 2.81. The van der Waals surface area contributed by atoms with Crippen LogP contribution in [0.2, 0.25) is 0 Å². The molecule has 1 aliphatic carbocycles. The van der Waals surface area contributed by atoms with Gasteiger partial charge in [-0.05, 0) is 48.4 Å². The van der Waals surface area contributed by atoms with Crippen molar-refractivity contribution in [2.24, 2.45) is 0 Å². The number of rotatable bonds is 3. The number of hydrogen-bond acceptors (Lipinski definition) is 3. The Kier molecular flexibility index (Phi) is 5.09. The molecular weight excluding hydrogens is 382 g/mol. The predicted octanol–water partition coefficient (Wildman–Crippen LogP) is 4.67. The normalized spacial score (nSPS) is 16.6. The lowest BCUT2D eigenvalue weighted by Gasteiger charge is -2.45. The fraction of sp³-hybridized carbons (Fsp3) is 0.370. The summed E-state index contributed by atoms with van der Waals surface area (Å²) in [7, 11) is 0. The largest absolute Gasteiger partial charge is 0.342 e. The van der Waals surface area contributed by atoms with Crippen molar-refractivity contribution in [3.8, 4) is 11.3 Å². The van der Waals surface area contributed by atoms with E-state index in [4.69, 9.17) is 4.98 Å². The van der Waals surface area contributed by atoms with E-state index in [1.165, 1.54) is 22.3 Å².